The zero-order chi connectivity index (χ0) is 8.97. The van der Waals surface area contributed by atoms with Crippen LogP contribution < -0.4 is 5.32 Å². The average molecular weight is 197 g/mol. The lowest BCUT2D eigenvalue weighted by Crippen LogP contribution is -2.20. The topological polar surface area (TPSA) is 12.0 Å². The van der Waals surface area contributed by atoms with E-state index in [1.807, 2.05) is 18.2 Å². The fourth-order valence-electron chi connectivity index (χ4n) is 1.01. The number of thiol groups is 1. The molecule has 0 aliphatic rings. The molecule has 0 heterocycles. The van der Waals surface area contributed by atoms with Gasteiger partial charge in [0.05, 0.1) is 0 Å². The van der Waals surface area contributed by atoms with E-state index >= 15 is 0 Å². The molecule has 0 aliphatic carbocycles. The van der Waals surface area contributed by atoms with E-state index in [1.165, 1.54) is 5.56 Å². The van der Waals surface area contributed by atoms with Crippen LogP contribution in [0.2, 0.25) is 0 Å². The first-order chi connectivity index (χ1) is 5.70. The van der Waals surface area contributed by atoms with Gasteiger partial charge in [-0.25, -0.2) is 0 Å². The van der Waals surface area contributed by atoms with Crippen LogP contribution in [0, 0.1) is 0 Å². The van der Waals surface area contributed by atoms with Gasteiger partial charge in [0.1, 0.15) is 4.32 Å². The van der Waals surface area contributed by atoms with Crippen molar-refractivity contribution in [1.82, 2.24) is 5.32 Å². The summed E-state index contributed by atoms with van der Waals surface area (Å²) in [7, 11) is 0. The van der Waals surface area contributed by atoms with Gasteiger partial charge in [0.2, 0.25) is 0 Å². The second-order valence-corrected chi connectivity index (χ2v) is 3.74. The van der Waals surface area contributed by atoms with E-state index in [1.54, 1.807) is 0 Å². The molecule has 0 aliphatic heterocycles. The molecule has 0 saturated heterocycles. The maximum absolute atomic E-state index is 4.82. The van der Waals surface area contributed by atoms with E-state index < -0.39 is 0 Å². The van der Waals surface area contributed by atoms with Crippen LogP contribution in [0.25, 0.3) is 0 Å². The van der Waals surface area contributed by atoms with Crippen LogP contribution in [0.4, 0.5) is 0 Å². The van der Waals surface area contributed by atoms with Gasteiger partial charge >= 0.3 is 0 Å². The smallest absolute Gasteiger partial charge is 0.131 e. The summed E-state index contributed by atoms with van der Waals surface area (Å²) >= 11 is 8.83. The molecule has 1 atom stereocenters. The molecule has 0 fully saturated rings. The SMILES string of the molecule is C[C@H](NC(=S)S)c1ccccc1. The van der Waals surface area contributed by atoms with Crippen LogP contribution in [0.1, 0.15) is 18.5 Å². The molecule has 0 bridgehead atoms. The lowest BCUT2D eigenvalue weighted by molar-refractivity contribution is 0.730. The number of rotatable bonds is 2. The Kier molecular flexibility index (Phi) is 3.56. The Morgan fingerprint density at radius 3 is 2.50 bits per heavy atom. The fraction of sp³-hybridized carbons (Fsp3) is 0.222. The normalized spacial score (nSPS) is 12.2. The lowest BCUT2D eigenvalue weighted by Gasteiger charge is -2.12. The van der Waals surface area contributed by atoms with Crippen molar-refractivity contribution in [3.8, 4) is 0 Å². The second kappa shape index (κ2) is 4.48. The number of benzene rings is 1. The summed E-state index contributed by atoms with van der Waals surface area (Å²) < 4.78 is 0.534. The molecule has 1 N–H and O–H groups in total. The van der Waals surface area contributed by atoms with E-state index in [-0.39, 0.29) is 6.04 Å². The van der Waals surface area contributed by atoms with Crippen molar-refractivity contribution >= 4 is 29.2 Å². The maximum atomic E-state index is 4.82. The minimum Gasteiger partial charge on any atom is -0.365 e. The van der Waals surface area contributed by atoms with E-state index in [0.717, 1.165) is 0 Å². The van der Waals surface area contributed by atoms with Gasteiger partial charge in [-0.1, -0.05) is 42.5 Å². The van der Waals surface area contributed by atoms with Gasteiger partial charge in [0.25, 0.3) is 0 Å². The third-order valence-corrected chi connectivity index (χ3v) is 1.89. The molecule has 1 aromatic carbocycles. The molecule has 0 amide bonds. The van der Waals surface area contributed by atoms with Gasteiger partial charge in [-0.05, 0) is 12.5 Å². The first kappa shape index (κ1) is 9.55. The predicted octanol–water partition coefficient (Wildman–Crippen LogP) is 2.55. The van der Waals surface area contributed by atoms with E-state index in [9.17, 15) is 0 Å². The summed E-state index contributed by atoms with van der Waals surface area (Å²) in [5.74, 6) is 0. The fourth-order valence-corrected chi connectivity index (χ4v) is 1.38. The molecule has 12 heavy (non-hydrogen) atoms. The summed E-state index contributed by atoms with van der Waals surface area (Å²) in [6, 6.07) is 10.4. The summed E-state index contributed by atoms with van der Waals surface area (Å²) in [6.45, 7) is 2.05. The Bertz CT molecular complexity index is 258. The Balaban J connectivity index is 2.65. The molecular weight excluding hydrogens is 186 g/mol. The summed E-state index contributed by atoms with van der Waals surface area (Å²) in [4.78, 5) is 0. The van der Waals surface area contributed by atoms with Gasteiger partial charge < -0.3 is 5.32 Å². The van der Waals surface area contributed by atoms with Crippen molar-refractivity contribution in [2.45, 2.75) is 13.0 Å². The van der Waals surface area contributed by atoms with E-state index in [0.29, 0.717) is 4.32 Å². The van der Waals surface area contributed by atoms with Crippen LogP contribution in [-0.4, -0.2) is 4.32 Å². The zero-order valence-corrected chi connectivity index (χ0v) is 8.53. The molecule has 0 unspecified atom stereocenters. The minimum absolute atomic E-state index is 0.233. The largest absolute Gasteiger partial charge is 0.365 e. The van der Waals surface area contributed by atoms with Crippen molar-refractivity contribution in [2.24, 2.45) is 0 Å². The predicted molar refractivity (Wildman–Crippen MR) is 59.6 cm³/mol. The van der Waals surface area contributed by atoms with E-state index in [2.05, 4.69) is 37.0 Å². The van der Waals surface area contributed by atoms with Crippen LogP contribution >= 0.6 is 24.8 Å². The molecule has 0 aromatic heterocycles. The minimum atomic E-state index is 0.233. The molecule has 0 spiro atoms. The highest BCUT2D eigenvalue weighted by Gasteiger charge is 2.02. The number of nitrogens with one attached hydrogen (secondary N) is 1. The van der Waals surface area contributed by atoms with Gasteiger partial charge in [-0.15, -0.1) is 12.6 Å². The van der Waals surface area contributed by atoms with Crippen LogP contribution in [0.5, 0.6) is 0 Å². The molecule has 64 valence electrons. The number of hydrogen-bond acceptors (Lipinski definition) is 1. The molecule has 1 nitrogen and oxygen atoms in total. The van der Waals surface area contributed by atoms with Gasteiger partial charge in [0, 0.05) is 6.04 Å². The number of thiocarbonyl (C=S) groups is 1. The standard InChI is InChI=1S/C9H11NS2/c1-7(10-9(11)12)8-5-3-2-4-6-8/h2-7H,1H3,(H2,10,11,12)/t7-/m0/s1. The third kappa shape index (κ3) is 2.83. The monoisotopic (exact) mass is 197 g/mol. The summed E-state index contributed by atoms with van der Waals surface area (Å²) in [5, 5.41) is 3.05. The number of hydrogen-bond donors (Lipinski definition) is 2. The Labute approximate surface area is 83.6 Å². The molecule has 0 saturated carbocycles. The quantitative estimate of drug-likeness (QED) is 0.558. The van der Waals surface area contributed by atoms with Crippen LogP contribution in [0.3, 0.4) is 0 Å². The Hall–Kier alpha value is -0.540. The van der Waals surface area contributed by atoms with Crippen molar-refractivity contribution in [1.29, 1.82) is 0 Å². The highest BCUT2D eigenvalue weighted by Crippen LogP contribution is 2.11. The molecule has 3 heteroatoms. The van der Waals surface area contributed by atoms with Gasteiger partial charge in [-0.2, -0.15) is 0 Å². The third-order valence-electron chi connectivity index (χ3n) is 1.64. The van der Waals surface area contributed by atoms with Crippen molar-refractivity contribution in [2.75, 3.05) is 0 Å². The van der Waals surface area contributed by atoms with Crippen LogP contribution in [0.15, 0.2) is 30.3 Å². The summed E-state index contributed by atoms with van der Waals surface area (Å²) in [6.07, 6.45) is 0. The summed E-state index contributed by atoms with van der Waals surface area (Å²) in [5.41, 5.74) is 1.22. The highest BCUT2D eigenvalue weighted by atomic mass is 32.1. The van der Waals surface area contributed by atoms with Crippen molar-refractivity contribution in [3.05, 3.63) is 35.9 Å². The van der Waals surface area contributed by atoms with Crippen molar-refractivity contribution in [3.63, 3.8) is 0 Å². The molecule has 1 rings (SSSR count). The Morgan fingerprint density at radius 2 is 2.00 bits per heavy atom. The lowest BCUT2D eigenvalue weighted by atomic mass is 10.1. The van der Waals surface area contributed by atoms with E-state index in [4.69, 9.17) is 12.2 Å². The first-order valence-electron chi connectivity index (χ1n) is 3.74. The maximum Gasteiger partial charge on any atom is 0.131 e. The van der Waals surface area contributed by atoms with Crippen molar-refractivity contribution < 1.29 is 0 Å². The van der Waals surface area contributed by atoms with Crippen LogP contribution in [-0.2, 0) is 0 Å². The highest BCUT2D eigenvalue weighted by molar-refractivity contribution is 8.11. The molecule has 1 aromatic rings. The first-order valence-corrected chi connectivity index (χ1v) is 4.60. The molecular formula is C9H11NS2. The van der Waals surface area contributed by atoms with Gasteiger partial charge in [0.15, 0.2) is 0 Å². The molecule has 0 radical (unpaired) electrons. The zero-order valence-electron chi connectivity index (χ0n) is 6.82. The van der Waals surface area contributed by atoms with Gasteiger partial charge in [-0.3, -0.25) is 0 Å². The average Bonchev–Trinajstić information content (AvgIpc) is 2.05. The second-order valence-electron chi connectivity index (χ2n) is 2.58. The Morgan fingerprint density at radius 1 is 1.42 bits per heavy atom.